The molecule has 0 aliphatic heterocycles. The van der Waals surface area contributed by atoms with Crippen molar-refractivity contribution in [2.45, 2.75) is 19.4 Å². The van der Waals surface area contributed by atoms with Gasteiger partial charge in [0.1, 0.15) is 5.82 Å². The van der Waals surface area contributed by atoms with Gasteiger partial charge in [-0.3, -0.25) is 0 Å². The number of hydrogen-bond acceptors (Lipinski definition) is 3. The molecule has 0 spiro atoms. The highest BCUT2D eigenvalue weighted by Gasteiger charge is 2.17. The van der Waals surface area contributed by atoms with Crippen LogP contribution < -0.4 is 5.73 Å². The Morgan fingerprint density at radius 2 is 2.35 bits per heavy atom. The second-order valence-corrected chi connectivity index (χ2v) is 4.88. The van der Waals surface area contributed by atoms with E-state index in [9.17, 15) is 4.79 Å². The van der Waals surface area contributed by atoms with Gasteiger partial charge in [0, 0.05) is 23.1 Å². The van der Waals surface area contributed by atoms with Crippen LogP contribution in [0.5, 0.6) is 0 Å². The Hall–Kier alpha value is -1.40. The summed E-state index contributed by atoms with van der Waals surface area (Å²) in [6, 6.07) is 3.45. The minimum atomic E-state index is -1.03. The Labute approximate surface area is 106 Å². The van der Waals surface area contributed by atoms with Crippen molar-refractivity contribution in [2.24, 2.45) is 5.73 Å². The average Bonchev–Trinajstić information content (AvgIpc) is 2.56. The third-order valence-corrected chi connectivity index (χ3v) is 2.85. The number of pyridine rings is 1. The van der Waals surface area contributed by atoms with Crippen molar-refractivity contribution >= 4 is 27.4 Å². The Morgan fingerprint density at radius 3 is 2.94 bits per heavy atom. The second-order valence-electron chi connectivity index (χ2n) is 3.97. The third-order valence-electron chi connectivity index (χ3n) is 2.38. The SMILES string of the molecule is CC(N)Cc1nc(C(=O)O)c2ccc(Br)cn12. The molecule has 0 amide bonds. The molecule has 0 aliphatic rings. The zero-order chi connectivity index (χ0) is 12.6. The predicted molar refractivity (Wildman–Crippen MR) is 67.2 cm³/mol. The van der Waals surface area contributed by atoms with Crippen LogP contribution in [0.3, 0.4) is 0 Å². The van der Waals surface area contributed by atoms with Crippen LogP contribution in [0.4, 0.5) is 0 Å². The van der Waals surface area contributed by atoms with E-state index in [1.165, 1.54) is 0 Å². The van der Waals surface area contributed by atoms with Gasteiger partial charge < -0.3 is 15.2 Å². The number of aromatic nitrogens is 2. The zero-order valence-corrected chi connectivity index (χ0v) is 10.8. The van der Waals surface area contributed by atoms with E-state index < -0.39 is 5.97 Å². The number of carboxylic acids is 1. The van der Waals surface area contributed by atoms with Crippen molar-refractivity contribution in [3.63, 3.8) is 0 Å². The van der Waals surface area contributed by atoms with E-state index in [4.69, 9.17) is 10.8 Å². The minimum Gasteiger partial charge on any atom is -0.476 e. The molecule has 2 heterocycles. The molecule has 0 aromatic carbocycles. The third kappa shape index (κ3) is 2.32. The van der Waals surface area contributed by atoms with Crippen molar-refractivity contribution in [3.05, 3.63) is 34.3 Å². The molecule has 1 unspecified atom stereocenters. The van der Waals surface area contributed by atoms with E-state index in [0.717, 1.165) is 4.47 Å². The van der Waals surface area contributed by atoms with Crippen molar-refractivity contribution in [3.8, 4) is 0 Å². The highest BCUT2D eigenvalue weighted by atomic mass is 79.9. The van der Waals surface area contributed by atoms with Gasteiger partial charge in [0.15, 0.2) is 5.69 Å². The first-order valence-electron chi connectivity index (χ1n) is 5.14. The molecule has 6 heteroatoms. The van der Waals surface area contributed by atoms with Gasteiger partial charge in [-0.1, -0.05) is 0 Å². The molecular weight excluding hydrogens is 286 g/mol. The van der Waals surface area contributed by atoms with Crippen LogP contribution in [0.2, 0.25) is 0 Å². The van der Waals surface area contributed by atoms with Gasteiger partial charge in [-0.15, -0.1) is 0 Å². The number of carboxylic acid groups (broad SMARTS) is 1. The first kappa shape index (κ1) is 12.1. The first-order valence-corrected chi connectivity index (χ1v) is 5.93. The maximum absolute atomic E-state index is 11.1. The number of carbonyl (C=O) groups is 1. The standard InChI is InChI=1S/C11H12BrN3O2/c1-6(13)4-9-14-10(11(16)17)8-3-2-7(12)5-15(8)9/h2-3,5-6H,4,13H2,1H3,(H,16,17). The molecule has 0 radical (unpaired) electrons. The fourth-order valence-electron chi connectivity index (χ4n) is 1.71. The maximum atomic E-state index is 11.1. The van der Waals surface area contributed by atoms with Crippen molar-refractivity contribution in [1.82, 2.24) is 9.38 Å². The predicted octanol–water partition coefficient (Wildman–Crippen LogP) is 1.68. The molecule has 90 valence electrons. The topological polar surface area (TPSA) is 80.6 Å². The lowest BCUT2D eigenvalue weighted by atomic mass is 10.2. The Kier molecular flexibility index (Phi) is 3.17. The number of halogens is 1. The van der Waals surface area contributed by atoms with Crippen molar-refractivity contribution in [1.29, 1.82) is 0 Å². The fourth-order valence-corrected chi connectivity index (χ4v) is 2.05. The summed E-state index contributed by atoms with van der Waals surface area (Å²) in [5, 5.41) is 9.08. The summed E-state index contributed by atoms with van der Waals surface area (Å²) >= 11 is 3.35. The van der Waals surface area contributed by atoms with Crippen LogP contribution >= 0.6 is 15.9 Å². The van der Waals surface area contributed by atoms with E-state index in [2.05, 4.69) is 20.9 Å². The van der Waals surface area contributed by atoms with E-state index in [-0.39, 0.29) is 11.7 Å². The van der Waals surface area contributed by atoms with Crippen LogP contribution in [-0.4, -0.2) is 26.5 Å². The summed E-state index contributed by atoms with van der Waals surface area (Å²) in [6.45, 7) is 1.86. The smallest absolute Gasteiger partial charge is 0.356 e. The van der Waals surface area contributed by atoms with Gasteiger partial charge in [-0.05, 0) is 35.0 Å². The lowest BCUT2D eigenvalue weighted by molar-refractivity contribution is 0.0693. The van der Waals surface area contributed by atoms with Crippen LogP contribution in [0.15, 0.2) is 22.8 Å². The number of hydrogen-bond donors (Lipinski definition) is 2. The van der Waals surface area contributed by atoms with Crippen molar-refractivity contribution in [2.75, 3.05) is 0 Å². The molecule has 2 aromatic heterocycles. The number of rotatable bonds is 3. The summed E-state index contributed by atoms with van der Waals surface area (Å²) < 4.78 is 2.63. The van der Waals surface area contributed by atoms with Gasteiger partial charge in [-0.25, -0.2) is 9.78 Å². The fraction of sp³-hybridized carbons (Fsp3) is 0.273. The van der Waals surface area contributed by atoms with Gasteiger partial charge in [0.25, 0.3) is 0 Å². The molecule has 2 aromatic rings. The number of nitrogens with zero attached hydrogens (tertiary/aromatic N) is 2. The largest absolute Gasteiger partial charge is 0.476 e. The molecule has 0 aliphatic carbocycles. The molecule has 5 nitrogen and oxygen atoms in total. The van der Waals surface area contributed by atoms with E-state index in [0.29, 0.717) is 17.8 Å². The number of imidazole rings is 1. The monoisotopic (exact) mass is 297 g/mol. The first-order chi connectivity index (χ1) is 7.99. The molecular formula is C11H12BrN3O2. The number of nitrogens with two attached hydrogens (primary N) is 1. The molecule has 0 bridgehead atoms. The van der Waals surface area contributed by atoms with Crippen molar-refractivity contribution < 1.29 is 9.90 Å². The molecule has 1 atom stereocenters. The molecule has 0 saturated carbocycles. The average molecular weight is 298 g/mol. The summed E-state index contributed by atoms with van der Waals surface area (Å²) in [4.78, 5) is 15.2. The summed E-state index contributed by atoms with van der Waals surface area (Å²) in [5.74, 6) is -0.366. The zero-order valence-electron chi connectivity index (χ0n) is 9.22. The number of fused-ring (bicyclic) bond motifs is 1. The Morgan fingerprint density at radius 1 is 1.65 bits per heavy atom. The minimum absolute atomic E-state index is 0.0631. The van der Waals surface area contributed by atoms with E-state index >= 15 is 0 Å². The Bertz CT molecular complexity index is 577. The molecule has 0 fully saturated rings. The van der Waals surface area contributed by atoms with Crippen LogP contribution in [0.25, 0.3) is 5.52 Å². The second kappa shape index (κ2) is 4.46. The van der Waals surface area contributed by atoms with Crippen LogP contribution in [-0.2, 0) is 6.42 Å². The molecule has 17 heavy (non-hydrogen) atoms. The Balaban J connectivity index is 2.66. The molecule has 3 N–H and O–H groups in total. The van der Waals surface area contributed by atoms with Gasteiger partial charge in [0.2, 0.25) is 0 Å². The highest BCUT2D eigenvalue weighted by Crippen LogP contribution is 2.18. The van der Waals surface area contributed by atoms with Gasteiger partial charge in [0.05, 0.1) is 5.52 Å². The lowest BCUT2D eigenvalue weighted by Crippen LogP contribution is -2.19. The summed E-state index contributed by atoms with van der Waals surface area (Å²) in [7, 11) is 0. The van der Waals surface area contributed by atoms with Crippen LogP contribution in [0.1, 0.15) is 23.2 Å². The van der Waals surface area contributed by atoms with E-state index in [1.54, 1.807) is 22.7 Å². The van der Waals surface area contributed by atoms with Gasteiger partial charge >= 0.3 is 5.97 Å². The molecule has 2 rings (SSSR count). The lowest BCUT2D eigenvalue weighted by Gasteiger charge is -2.04. The quantitative estimate of drug-likeness (QED) is 0.903. The summed E-state index contributed by atoms with van der Waals surface area (Å²) in [5.41, 5.74) is 6.37. The highest BCUT2D eigenvalue weighted by molar-refractivity contribution is 9.10. The van der Waals surface area contributed by atoms with E-state index in [1.807, 2.05) is 6.92 Å². The normalized spacial score (nSPS) is 12.9. The maximum Gasteiger partial charge on any atom is 0.356 e. The van der Waals surface area contributed by atoms with Gasteiger partial charge in [-0.2, -0.15) is 0 Å². The van der Waals surface area contributed by atoms with Crippen LogP contribution in [0, 0.1) is 0 Å². The number of aromatic carboxylic acids is 1. The summed E-state index contributed by atoms with van der Waals surface area (Å²) in [6.07, 6.45) is 2.33. The molecule has 0 saturated heterocycles.